The number of aromatic nitrogens is 4. The molecule has 6 heterocycles. The predicted molar refractivity (Wildman–Crippen MR) is 184 cm³/mol. The standard InChI is InChI=1S/C16H21N3O4.C10H9BrN2O2.C6H13NO2.CH4/c1-2-22-16(20)14-12-17-15-11-13(3-4-19(14)15)23-10-7-18-5-8-21-9-6-18;1-2-15-10(14)8-6-12-9-5-7(11)3-4-13(8)9;8-4-1-7-2-5-9-6-3-7;/h3-4,11-12H,2,5-10H2,1H3;3-6H,2H2,1H3;8H,1-6H2;1H4. The van der Waals surface area contributed by atoms with Crippen molar-refractivity contribution in [2.45, 2.75) is 21.3 Å². The minimum absolute atomic E-state index is 0. The summed E-state index contributed by atoms with van der Waals surface area (Å²) in [5.41, 5.74) is 2.24. The molecule has 4 aromatic heterocycles. The third-order valence-electron chi connectivity index (χ3n) is 7.23. The summed E-state index contributed by atoms with van der Waals surface area (Å²) in [5, 5.41) is 8.54. The molecule has 2 aliphatic rings. The van der Waals surface area contributed by atoms with E-state index in [1.165, 1.54) is 12.4 Å². The van der Waals surface area contributed by atoms with E-state index in [0.717, 1.165) is 75.9 Å². The van der Waals surface area contributed by atoms with E-state index in [1.54, 1.807) is 35.0 Å². The molecule has 2 fully saturated rings. The van der Waals surface area contributed by atoms with Crippen molar-refractivity contribution in [2.24, 2.45) is 0 Å². The molecule has 48 heavy (non-hydrogen) atoms. The van der Waals surface area contributed by atoms with Crippen molar-refractivity contribution in [3.05, 3.63) is 64.9 Å². The summed E-state index contributed by atoms with van der Waals surface area (Å²) in [5.74, 6) is 0.0140. The van der Waals surface area contributed by atoms with Gasteiger partial charge < -0.3 is 28.8 Å². The number of hydrogen-bond acceptors (Lipinski definition) is 12. The Balaban J connectivity index is 0.000000214. The second-order valence-corrected chi connectivity index (χ2v) is 11.3. The van der Waals surface area contributed by atoms with Crippen molar-refractivity contribution in [1.82, 2.24) is 28.6 Å². The number of ether oxygens (including phenoxy) is 5. The van der Waals surface area contributed by atoms with Crippen LogP contribution >= 0.6 is 15.9 Å². The number of morpholine rings is 2. The van der Waals surface area contributed by atoms with Gasteiger partial charge in [-0.1, -0.05) is 23.4 Å². The van der Waals surface area contributed by atoms with Crippen molar-refractivity contribution in [3.8, 4) is 5.75 Å². The fourth-order valence-electron chi connectivity index (χ4n) is 4.80. The Morgan fingerprint density at radius 2 is 1.31 bits per heavy atom. The van der Waals surface area contributed by atoms with Crippen molar-refractivity contribution < 1.29 is 38.4 Å². The summed E-state index contributed by atoms with van der Waals surface area (Å²) >= 11 is 3.34. The summed E-state index contributed by atoms with van der Waals surface area (Å²) in [6, 6.07) is 7.33. The number of fused-ring (bicyclic) bond motifs is 2. The average molecular weight is 736 g/mol. The molecule has 4 aromatic rings. The fraction of sp³-hybridized carbons (Fsp3) is 0.515. The first-order valence-corrected chi connectivity index (χ1v) is 16.5. The summed E-state index contributed by atoms with van der Waals surface area (Å²) in [6.07, 6.45) is 6.59. The first-order chi connectivity index (χ1) is 22.9. The minimum atomic E-state index is -0.374. The quantitative estimate of drug-likeness (QED) is 0.239. The smallest absolute Gasteiger partial charge is 0.356 e. The average Bonchev–Trinajstić information content (AvgIpc) is 3.71. The number of nitrogens with zero attached hydrogens (tertiary/aromatic N) is 6. The van der Waals surface area contributed by atoms with Gasteiger partial charge in [-0.25, -0.2) is 19.6 Å². The van der Waals surface area contributed by atoms with Crippen LogP contribution in [0, 0.1) is 0 Å². The molecular weight excluding hydrogens is 688 g/mol. The van der Waals surface area contributed by atoms with Gasteiger partial charge in [0.2, 0.25) is 0 Å². The number of imidazole rings is 2. The zero-order valence-electron chi connectivity index (χ0n) is 26.9. The van der Waals surface area contributed by atoms with Crippen LogP contribution in [0.3, 0.4) is 0 Å². The van der Waals surface area contributed by atoms with E-state index in [0.29, 0.717) is 42.5 Å². The molecule has 0 aliphatic carbocycles. The van der Waals surface area contributed by atoms with Crippen molar-refractivity contribution in [3.63, 3.8) is 0 Å². The summed E-state index contributed by atoms with van der Waals surface area (Å²) in [4.78, 5) is 36.2. The molecule has 6 rings (SSSR count). The number of aliphatic hydroxyl groups is 1. The highest BCUT2D eigenvalue weighted by molar-refractivity contribution is 9.10. The van der Waals surface area contributed by atoms with Crippen LogP contribution in [0.5, 0.6) is 5.75 Å². The van der Waals surface area contributed by atoms with Gasteiger partial charge in [-0.15, -0.1) is 0 Å². The van der Waals surface area contributed by atoms with Gasteiger partial charge in [-0.2, -0.15) is 0 Å². The maximum absolute atomic E-state index is 11.8. The Labute approximate surface area is 289 Å². The van der Waals surface area contributed by atoms with Gasteiger partial charge in [0.25, 0.3) is 0 Å². The molecule has 0 unspecified atom stereocenters. The molecule has 264 valence electrons. The highest BCUT2D eigenvalue weighted by atomic mass is 79.9. The SMILES string of the molecule is C.CCOC(=O)c1cnc2cc(Br)ccn12.CCOC(=O)c1cnc2cc(OCCN3CCOCC3)ccn12.OCCN1CCOCC1. The van der Waals surface area contributed by atoms with Gasteiger partial charge in [-0.05, 0) is 32.0 Å². The van der Waals surface area contributed by atoms with Gasteiger partial charge in [0.15, 0.2) is 11.4 Å². The lowest BCUT2D eigenvalue weighted by Gasteiger charge is -2.26. The van der Waals surface area contributed by atoms with Gasteiger partial charge in [0.05, 0.1) is 58.6 Å². The second-order valence-electron chi connectivity index (χ2n) is 10.4. The highest BCUT2D eigenvalue weighted by Gasteiger charge is 2.15. The number of esters is 2. The summed E-state index contributed by atoms with van der Waals surface area (Å²) in [6.45, 7) is 13.9. The lowest BCUT2D eigenvalue weighted by molar-refractivity contribution is 0.0306. The minimum Gasteiger partial charge on any atom is -0.492 e. The normalized spacial score (nSPS) is 15.0. The number of carbonyl (C=O) groups is 2. The number of hydrogen-bond donors (Lipinski definition) is 1. The van der Waals surface area contributed by atoms with Gasteiger partial charge in [0.1, 0.15) is 23.7 Å². The Hall–Kier alpha value is -3.60. The number of carbonyl (C=O) groups excluding carboxylic acids is 2. The van der Waals surface area contributed by atoms with Crippen molar-refractivity contribution in [2.75, 3.05) is 92.1 Å². The van der Waals surface area contributed by atoms with E-state index < -0.39 is 0 Å². The molecule has 2 aliphatic heterocycles. The van der Waals surface area contributed by atoms with Crippen LogP contribution in [-0.2, 0) is 18.9 Å². The van der Waals surface area contributed by atoms with Crippen LogP contribution in [-0.4, -0.2) is 138 Å². The number of rotatable bonds is 10. The molecular formula is C33H47BrN6O8. The summed E-state index contributed by atoms with van der Waals surface area (Å²) in [7, 11) is 0. The van der Waals surface area contributed by atoms with E-state index in [-0.39, 0.29) is 26.0 Å². The van der Waals surface area contributed by atoms with E-state index in [2.05, 4.69) is 35.7 Å². The van der Waals surface area contributed by atoms with Crippen molar-refractivity contribution in [1.29, 1.82) is 0 Å². The zero-order valence-corrected chi connectivity index (χ0v) is 28.5. The highest BCUT2D eigenvalue weighted by Crippen LogP contribution is 2.17. The Morgan fingerprint density at radius 1 is 0.812 bits per heavy atom. The molecule has 0 bridgehead atoms. The zero-order chi connectivity index (χ0) is 33.4. The van der Waals surface area contributed by atoms with Crippen LogP contribution in [0.25, 0.3) is 11.3 Å². The number of pyridine rings is 2. The molecule has 1 N–H and O–H groups in total. The largest absolute Gasteiger partial charge is 0.492 e. The molecule has 14 nitrogen and oxygen atoms in total. The fourth-order valence-corrected chi connectivity index (χ4v) is 5.13. The molecule has 0 aromatic carbocycles. The second kappa shape index (κ2) is 20.7. The van der Waals surface area contributed by atoms with Crippen LogP contribution in [0.1, 0.15) is 42.3 Å². The Morgan fingerprint density at radius 3 is 1.83 bits per heavy atom. The Bertz CT molecular complexity index is 1550. The maximum atomic E-state index is 11.8. The Kier molecular flexibility index (Phi) is 16.7. The van der Waals surface area contributed by atoms with Gasteiger partial charge in [0, 0.05) is 62.2 Å². The van der Waals surface area contributed by atoms with E-state index >= 15 is 0 Å². The molecule has 0 spiro atoms. The van der Waals surface area contributed by atoms with Crippen molar-refractivity contribution >= 4 is 39.2 Å². The lowest BCUT2D eigenvalue weighted by atomic mass is 10.4. The van der Waals surface area contributed by atoms with Crippen LogP contribution < -0.4 is 4.74 Å². The molecule has 0 saturated carbocycles. The monoisotopic (exact) mass is 734 g/mol. The number of aliphatic hydroxyl groups excluding tert-OH is 1. The summed E-state index contributed by atoms with van der Waals surface area (Å²) < 4.78 is 30.5. The van der Waals surface area contributed by atoms with Gasteiger partial charge in [-0.3, -0.25) is 18.6 Å². The van der Waals surface area contributed by atoms with Crippen LogP contribution in [0.4, 0.5) is 0 Å². The van der Waals surface area contributed by atoms with E-state index in [4.69, 9.17) is 28.8 Å². The molecule has 0 atom stereocenters. The van der Waals surface area contributed by atoms with Gasteiger partial charge >= 0.3 is 11.9 Å². The third kappa shape index (κ3) is 11.5. The molecule has 2 saturated heterocycles. The topological polar surface area (TPSA) is 142 Å². The van der Waals surface area contributed by atoms with E-state index in [1.807, 2.05) is 24.3 Å². The number of halogens is 1. The first kappa shape index (κ1) is 38.8. The first-order valence-electron chi connectivity index (χ1n) is 15.7. The van der Waals surface area contributed by atoms with Crippen LogP contribution in [0.2, 0.25) is 0 Å². The molecule has 0 amide bonds. The van der Waals surface area contributed by atoms with Crippen LogP contribution in [0.15, 0.2) is 53.5 Å². The number of β-amino-alcohol motifs (C(OH)–C–C–N with tert-alkyl or cyclic N) is 1. The molecule has 0 radical (unpaired) electrons. The maximum Gasteiger partial charge on any atom is 0.356 e. The van der Waals surface area contributed by atoms with E-state index in [9.17, 15) is 9.59 Å². The molecule has 15 heteroatoms. The third-order valence-corrected chi connectivity index (χ3v) is 7.72. The predicted octanol–water partition coefficient (Wildman–Crippen LogP) is 3.44. The lowest BCUT2D eigenvalue weighted by Crippen LogP contribution is -2.38.